The van der Waals surface area contributed by atoms with E-state index in [9.17, 15) is 0 Å². The van der Waals surface area contributed by atoms with Crippen LogP contribution in [0.4, 0.5) is 0 Å². The molecule has 0 amide bonds. The van der Waals surface area contributed by atoms with Crippen LogP contribution in [-0.2, 0) is 10.8 Å². The van der Waals surface area contributed by atoms with Gasteiger partial charge in [-0.1, -0.05) is 94.8 Å². The van der Waals surface area contributed by atoms with Crippen molar-refractivity contribution in [1.29, 1.82) is 0 Å². The van der Waals surface area contributed by atoms with Crippen molar-refractivity contribution in [2.75, 3.05) is 0 Å². The van der Waals surface area contributed by atoms with Crippen LogP contribution in [0.2, 0.25) is 5.02 Å². The first-order valence-corrected chi connectivity index (χ1v) is 10.1. The highest BCUT2D eigenvalue weighted by atomic mass is 35.5. The van der Waals surface area contributed by atoms with Crippen LogP contribution in [0.15, 0.2) is 66.7 Å². The van der Waals surface area contributed by atoms with Gasteiger partial charge in [-0.05, 0) is 68.3 Å². The quantitative estimate of drug-likeness (QED) is 0.428. The second kappa shape index (κ2) is 6.24. The average Bonchev–Trinajstić information content (AvgIpc) is 2.80. The molecule has 1 heteroatoms. The first kappa shape index (κ1) is 18.3. The number of benzene rings is 3. The molecule has 0 saturated heterocycles. The second-order valence-corrected chi connectivity index (χ2v) is 9.42. The maximum Gasteiger partial charge on any atom is 0.0406 e. The summed E-state index contributed by atoms with van der Waals surface area (Å²) in [5.74, 6) is 0.584. The maximum absolute atomic E-state index is 6.06. The molecule has 0 spiro atoms. The van der Waals surface area contributed by atoms with Gasteiger partial charge in [0, 0.05) is 5.02 Å². The molecule has 27 heavy (non-hydrogen) atoms. The predicted octanol–water partition coefficient (Wildman–Crippen LogP) is 7.88. The minimum atomic E-state index is 0.145. The molecule has 0 nitrogen and oxygen atoms in total. The van der Waals surface area contributed by atoms with Crippen molar-refractivity contribution in [1.82, 2.24) is 0 Å². The summed E-state index contributed by atoms with van der Waals surface area (Å²) >= 11 is 6.06. The van der Waals surface area contributed by atoms with Gasteiger partial charge in [-0.3, -0.25) is 0 Å². The molecule has 0 saturated carbocycles. The van der Waals surface area contributed by atoms with Gasteiger partial charge in [-0.15, -0.1) is 0 Å². The van der Waals surface area contributed by atoms with Crippen LogP contribution in [-0.4, -0.2) is 0 Å². The van der Waals surface area contributed by atoms with E-state index in [-0.39, 0.29) is 10.8 Å². The van der Waals surface area contributed by atoms with E-state index in [0.717, 1.165) is 5.02 Å². The Labute approximate surface area is 168 Å². The SMILES string of the molecule is CC1C(C)(C)c2cccc(-c3cccc(-c4ccc(Cl)cc4)c3)c2C1(C)C. The number of fused-ring (bicyclic) bond motifs is 1. The third kappa shape index (κ3) is 2.82. The Balaban J connectivity index is 1.89. The van der Waals surface area contributed by atoms with Gasteiger partial charge >= 0.3 is 0 Å². The molecule has 3 aromatic rings. The van der Waals surface area contributed by atoms with Gasteiger partial charge in [-0.25, -0.2) is 0 Å². The van der Waals surface area contributed by atoms with Crippen LogP contribution in [0, 0.1) is 5.92 Å². The van der Waals surface area contributed by atoms with E-state index < -0.39 is 0 Å². The van der Waals surface area contributed by atoms with E-state index in [2.05, 4.69) is 89.2 Å². The largest absolute Gasteiger partial charge is 0.0843 e. The molecule has 0 N–H and O–H groups in total. The molecule has 0 heterocycles. The lowest BCUT2D eigenvalue weighted by Crippen LogP contribution is -2.31. The Kier molecular flexibility index (Phi) is 4.24. The Morgan fingerprint density at radius 3 is 2.04 bits per heavy atom. The summed E-state index contributed by atoms with van der Waals surface area (Å²) in [6.45, 7) is 12.0. The number of halogens is 1. The van der Waals surface area contributed by atoms with Crippen LogP contribution in [0.25, 0.3) is 22.3 Å². The third-order valence-electron chi connectivity index (χ3n) is 6.92. The van der Waals surface area contributed by atoms with Gasteiger partial charge in [0.25, 0.3) is 0 Å². The molecule has 0 bridgehead atoms. The van der Waals surface area contributed by atoms with Gasteiger partial charge in [0.15, 0.2) is 0 Å². The summed E-state index contributed by atoms with van der Waals surface area (Å²) in [6, 6.07) is 23.8. The summed E-state index contributed by atoms with van der Waals surface area (Å²) in [5.41, 5.74) is 8.41. The lowest BCUT2D eigenvalue weighted by atomic mass is 9.71. The summed E-state index contributed by atoms with van der Waals surface area (Å²) in [4.78, 5) is 0. The molecule has 0 aliphatic heterocycles. The van der Waals surface area contributed by atoms with Crippen molar-refractivity contribution >= 4 is 11.6 Å². The first-order valence-electron chi connectivity index (χ1n) is 9.73. The highest BCUT2D eigenvalue weighted by molar-refractivity contribution is 6.30. The Morgan fingerprint density at radius 1 is 0.704 bits per heavy atom. The minimum Gasteiger partial charge on any atom is -0.0843 e. The van der Waals surface area contributed by atoms with Crippen molar-refractivity contribution < 1.29 is 0 Å². The van der Waals surface area contributed by atoms with Gasteiger partial charge in [0.2, 0.25) is 0 Å². The number of rotatable bonds is 2. The van der Waals surface area contributed by atoms with Crippen LogP contribution < -0.4 is 0 Å². The Hall–Kier alpha value is -2.05. The fraction of sp³-hybridized carbons (Fsp3) is 0.308. The minimum absolute atomic E-state index is 0.145. The second-order valence-electron chi connectivity index (χ2n) is 8.98. The third-order valence-corrected chi connectivity index (χ3v) is 7.17. The Bertz CT molecular complexity index is 993. The lowest BCUT2D eigenvalue weighted by molar-refractivity contribution is 0.264. The van der Waals surface area contributed by atoms with Gasteiger partial charge in [0.05, 0.1) is 0 Å². The highest BCUT2D eigenvalue weighted by Gasteiger charge is 2.49. The fourth-order valence-corrected chi connectivity index (χ4v) is 5.01. The molecule has 3 aromatic carbocycles. The topological polar surface area (TPSA) is 0 Å². The number of hydrogen-bond acceptors (Lipinski definition) is 0. The van der Waals surface area contributed by atoms with E-state index in [1.807, 2.05) is 12.1 Å². The fourth-order valence-electron chi connectivity index (χ4n) is 4.88. The number of hydrogen-bond donors (Lipinski definition) is 0. The van der Waals surface area contributed by atoms with E-state index in [4.69, 9.17) is 11.6 Å². The molecule has 138 valence electrons. The normalized spacial score (nSPS) is 19.7. The Morgan fingerprint density at radius 2 is 1.33 bits per heavy atom. The van der Waals surface area contributed by atoms with Crippen molar-refractivity contribution in [3.05, 3.63) is 82.9 Å². The molecule has 0 fully saturated rings. The monoisotopic (exact) mass is 374 g/mol. The van der Waals surface area contributed by atoms with Gasteiger partial charge in [-0.2, -0.15) is 0 Å². The van der Waals surface area contributed by atoms with Crippen LogP contribution in [0.3, 0.4) is 0 Å². The van der Waals surface area contributed by atoms with Crippen LogP contribution >= 0.6 is 11.6 Å². The van der Waals surface area contributed by atoms with Gasteiger partial charge in [0.1, 0.15) is 0 Å². The highest BCUT2D eigenvalue weighted by Crippen LogP contribution is 2.56. The van der Waals surface area contributed by atoms with E-state index in [1.165, 1.54) is 33.4 Å². The molecule has 0 aromatic heterocycles. The van der Waals surface area contributed by atoms with Crippen molar-refractivity contribution in [2.24, 2.45) is 5.92 Å². The lowest BCUT2D eigenvalue weighted by Gasteiger charge is -2.33. The first-order chi connectivity index (χ1) is 12.7. The van der Waals surface area contributed by atoms with E-state index >= 15 is 0 Å². The zero-order valence-electron chi connectivity index (χ0n) is 16.8. The maximum atomic E-state index is 6.06. The zero-order valence-corrected chi connectivity index (χ0v) is 17.6. The smallest absolute Gasteiger partial charge is 0.0406 e. The molecule has 4 rings (SSSR count). The van der Waals surface area contributed by atoms with E-state index in [0.29, 0.717) is 5.92 Å². The predicted molar refractivity (Wildman–Crippen MR) is 118 cm³/mol. The molecular weight excluding hydrogens is 348 g/mol. The summed E-state index contributed by atoms with van der Waals surface area (Å²) in [5, 5.41) is 0.772. The summed E-state index contributed by atoms with van der Waals surface area (Å²) in [7, 11) is 0. The van der Waals surface area contributed by atoms with Crippen LogP contribution in [0.1, 0.15) is 45.7 Å². The van der Waals surface area contributed by atoms with Gasteiger partial charge < -0.3 is 0 Å². The zero-order chi connectivity index (χ0) is 19.4. The molecule has 1 aliphatic carbocycles. The van der Waals surface area contributed by atoms with Crippen molar-refractivity contribution in [3.8, 4) is 22.3 Å². The average molecular weight is 375 g/mol. The molecule has 0 radical (unpaired) electrons. The summed E-state index contributed by atoms with van der Waals surface area (Å²) < 4.78 is 0. The van der Waals surface area contributed by atoms with Crippen LogP contribution in [0.5, 0.6) is 0 Å². The summed E-state index contributed by atoms with van der Waals surface area (Å²) in [6.07, 6.45) is 0. The van der Waals surface area contributed by atoms with Crippen molar-refractivity contribution in [3.63, 3.8) is 0 Å². The molecule has 1 unspecified atom stereocenters. The van der Waals surface area contributed by atoms with Crippen molar-refractivity contribution in [2.45, 2.75) is 45.4 Å². The van der Waals surface area contributed by atoms with E-state index in [1.54, 1.807) is 0 Å². The molecule has 1 aliphatic rings. The molecular formula is C26H27Cl. The molecule has 1 atom stereocenters. The standard InChI is InChI=1S/C26H27Cl/c1-17-25(2,3)23-11-7-10-22(24(23)26(17,4)5)20-9-6-8-19(16-20)18-12-14-21(27)15-13-18/h6-17H,1-5H3.